The van der Waals surface area contributed by atoms with Gasteiger partial charge in [0, 0.05) is 0 Å². The first kappa shape index (κ1) is 18.8. The van der Waals surface area contributed by atoms with Gasteiger partial charge in [0.2, 0.25) is 0 Å². The summed E-state index contributed by atoms with van der Waals surface area (Å²) in [5.74, 6) is -2.87. The van der Waals surface area contributed by atoms with E-state index in [4.69, 9.17) is 10.3 Å². The molecule has 0 spiro atoms. The number of hydrogen-bond donors (Lipinski definition) is 2. The van der Waals surface area contributed by atoms with E-state index in [1.165, 1.54) is 0 Å². The Balaban J connectivity index is 0. The molecule has 10 heteroatoms. The number of carboxylic acid groups (broad SMARTS) is 1. The van der Waals surface area contributed by atoms with Crippen LogP contribution in [0.4, 0.5) is 5.69 Å². The maximum Gasteiger partial charge on any atom is 1.00 e. The maximum atomic E-state index is 11.0. The van der Waals surface area contributed by atoms with Crippen LogP contribution in [0.15, 0.2) is 17.0 Å². The van der Waals surface area contributed by atoms with Gasteiger partial charge in [-0.2, -0.15) is 8.42 Å². The Hall–Kier alpha value is -0.605. The zero-order chi connectivity index (χ0) is 11.8. The Labute approximate surface area is 121 Å². The van der Waals surface area contributed by atoms with Crippen LogP contribution in [0, 0.1) is 0 Å². The van der Waals surface area contributed by atoms with Gasteiger partial charge >= 0.3 is 37.7 Å². The average molecular weight is 245 g/mol. The molecule has 0 saturated heterocycles. The zero-order valence-corrected chi connectivity index (χ0v) is 9.95. The molecule has 0 unspecified atom stereocenters. The monoisotopic (exact) mass is 245 g/mol. The van der Waals surface area contributed by atoms with Crippen molar-refractivity contribution in [3.8, 4) is 5.75 Å². The van der Waals surface area contributed by atoms with Gasteiger partial charge in [-0.3, -0.25) is 4.55 Å². The van der Waals surface area contributed by atoms with Crippen LogP contribution in [-0.2, 0) is 10.1 Å². The van der Waals surface area contributed by atoms with Crippen molar-refractivity contribution in [1.82, 2.24) is 0 Å². The van der Waals surface area contributed by atoms with E-state index in [1.807, 2.05) is 0 Å². The number of anilines is 1. The van der Waals surface area contributed by atoms with Crippen LogP contribution >= 0.6 is 0 Å². The van der Waals surface area contributed by atoms with Gasteiger partial charge in [0.25, 0.3) is 10.1 Å². The summed E-state index contributed by atoms with van der Waals surface area (Å²) in [5, 5.41) is 21.4. The van der Waals surface area contributed by atoms with Crippen molar-refractivity contribution in [2.45, 2.75) is 4.90 Å². The summed E-state index contributed by atoms with van der Waals surface area (Å²) in [6.45, 7) is 0. The topological polar surface area (TPSA) is 144 Å². The predicted molar refractivity (Wildman–Crippen MR) is 44.4 cm³/mol. The summed E-state index contributed by atoms with van der Waals surface area (Å²) in [4.78, 5) is 9.53. The van der Waals surface area contributed by atoms with Crippen LogP contribution < -0.4 is 53.7 Å². The molecule has 0 fully saturated rings. The molecule has 1 rings (SSSR count). The number of nitrogens with two attached hydrogens (primary N) is 1. The number of carbonyl (C=O) groups is 1. The molecule has 7 nitrogen and oxygen atoms in total. The van der Waals surface area contributed by atoms with E-state index in [0.29, 0.717) is 12.1 Å². The van der Waals surface area contributed by atoms with Crippen LogP contribution in [0.25, 0.3) is 0 Å². The molecule has 0 aromatic heterocycles. The largest absolute Gasteiger partial charge is 1.00 e. The number of nitrogen functional groups attached to an aromatic ring is 1. The van der Waals surface area contributed by atoms with Crippen molar-refractivity contribution in [2.24, 2.45) is 0 Å². The minimum atomic E-state index is -4.64. The summed E-state index contributed by atoms with van der Waals surface area (Å²) in [6, 6.07) is 1.05. The van der Waals surface area contributed by atoms with Crippen LogP contribution in [0.2, 0.25) is 0 Å². The summed E-state index contributed by atoms with van der Waals surface area (Å²) in [7, 11) is -4.64. The van der Waals surface area contributed by atoms with Crippen LogP contribution in [0.1, 0.15) is 10.4 Å². The van der Waals surface area contributed by atoms with Crippen LogP contribution in [0.3, 0.4) is 0 Å². The van der Waals surface area contributed by atoms with Gasteiger partial charge in [-0.1, -0.05) is 5.75 Å². The molecule has 0 aliphatic carbocycles. The third-order valence-corrected chi connectivity index (χ3v) is 2.52. The minimum absolute atomic E-state index is 0. The van der Waals surface area contributed by atoms with Gasteiger partial charge in [-0.25, -0.2) is 0 Å². The molecule has 0 atom stereocenters. The fourth-order valence-electron chi connectivity index (χ4n) is 0.961. The van der Waals surface area contributed by atoms with E-state index in [2.05, 4.69) is 0 Å². The molecular weight excluding hydrogens is 240 g/mol. The van der Waals surface area contributed by atoms with Gasteiger partial charge in [-0.05, 0) is 17.7 Å². The average Bonchev–Trinajstić information content (AvgIpc) is 2.06. The Morgan fingerprint density at radius 1 is 1.29 bits per heavy atom. The predicted octanol–water partition coefficient (Wildman–Crippen LogP) is -8.04. The molecule has 0 bridgehead atoms. The fraction of sp³-hybridized carbons (Fsp3) is 0. The Kier molecular flexibility index (Phi) is 7.02. The van der Waals surface area contributed by atoms with Gasteiger partial charge in [0.15, 0.2) is 0 Å². The number of rotatable bonds is 2. The first-order chi connectivity index (χ1) is 6.73. The summed E-state index contributed by atoms with van der Waals surface area (Å²) in [6.07, 6.45) is 0. The van der Waals surface area contributed by atoms with Crippen molar-refractivity contribution in [3.05, 3.63) is 17.7 Å². The van der Waals surface area contributed by atoms with Gasteiger partial charge < -0.3 is 20.7 Å². The molecular formula is C7H5Li2NO6S. The molecule has 82 valence electrons. The standard InChI is InChI=1S/C7H7NO6S.2Li/c8-4-1-3(7(10)11)5(9)2-6(4)15(12,13)14;;/h1-2,9H,8H2,(H,10,11)(H,12,13,14);;/q;2*+1/p-2. The van der Waals surface area contributed by atoms with Crippen molar-refractivity contribution in [2.75, 3.05) is 5.73 Å². The molecule has 1 aromatic carbocycles. The van der Waals surface area contributed by atoms with Gasteiger partial charge in [0.05, 0.1) is 11.7 Å². The summed E-state index contributed by atoms with van der Waals surface area (Å²) < 4.78 is 29.9. The number of hydrogen-bond acceptors (Lipinski definition) is 6. The third-order valence-electron chi connectivity index (χ3n) is 1.61. The van der Waals surface area contributed by atoms with Crippen LogP contribution in [0.5, 0.6) is 5.75 Å². The smallest absolute Gasteiger partial charge is 0.872 e. The van der Waals surface area contributed by atoms with Gasteiger partial charge in [-0.15, -0.1) is 0 Å². The second-order valence-electron chi connectivity index (χ2n) is 2.65. The van der Waals surface area contributed by atoms with Gasteiger partial charge in [0.1, 0.15) is 4.90 Å². The number of carbonyl (C=O) groups excluding carboxylic acids is 1. The molecule has 0 radical (unpaired) electrons. The Bertz CT molecular complexity index is 529. The molecule has 0 aliphatic rings. The molecule has 0 aliphatic heterocycles. The summed E-state index contributed by atoms with van der Waals surface area (Å²) in [5.41, 5.74) is 3.85. The summed E-state index contributed by atoms with van der Waals surface area (Å²) >= 11 is 0. The molecule has 3 N–H and O–H groups in total. The SMILES string of the molecule is Nc1cc(C(=O)[O-])c([O-])cc1S(=O)(=O)O.[Li+].[Li+]. The van der Waals surface area contributed by atoms with Crippen LogP contribution in [-0.4, -0.2) is 18.9 Å². The molecule has 1 aromatic rings. The molecule has 0 heterocycles. The second-order valence-corrected chi connectivity index (χ2v) is 4.04. The first-order valence-corrected chi connectivity index (χ1v) is 4.97. The quantitative estimate of drug-likeness (QED) is 0.299. The molecule has 0 saturated carbocycles. The van der Waals surface area contributed by atoms with Crippen molar-refractivity contribution >= 4 is 21.8 Å². The van der Waals surface area contributed by atoms with E-state index < -0.39 is 38.0 Å². The van der Waals surface area contributed by atoms with Crippen molar-refractivity contribution < 1.29 is 65.7 Å². The molecule has 0 amide bonds. The van der Waals surface area contributed by atoms with Crippen molar-refractivity contribution in [3.63, 3.8) is 0 Å². The second kappa shape index (κ2) is 6.36. The zero-order valence-electron chi connectivity index (χ0n) is 9.13. The van der Waals surface area contributed by atoms with E-state index in [0.717, 1.165) is 0 Å². The Morgan fingerprint density at radius 2 is 1.76 bits per heavy atom. The number of benzene rings is 1. The van der Waals surface area contributed by atoms with E-state index in [1.54, 1.807) is 0 Å². The normalized spacial score (nSPS) is 9.94. The van der Waals surface area contributed by atoms with E-state index >= 15 is 0 Å². The van der Waals surface area contributed by atoms with E-state index in [-0.39, 0.29) is 37.7 Å². The fourth-order valence-corrected chi connectivity index (χ4v) is 1.57. The Morgan fingerprint density at radius 3 is 2.12 bits per heavy atom. The third kappa shape index (κ3) is 4.28. The maximum absolute atomic E-state index is 11.0. The van der Waals surface area contributed by atoms with E-state index in [9.17, 15) is 23.4 Å². The molecule has 17 heavy (non-hydrogen) atoms. The van der Waals surface area contributed by atoms with Crippen molar-refractivity contribution in [1.29, 1.82) is 0 Å². The number of carboxylic acids is 1. The number of aromatic carboxylic acids is 1. The first-order valence-electron chi connectivity index (χ1n) is 3.53. The minimum Gasteiger partial charge on any atom is -0.872 e.